The van der Waals surface area contributed by atoms with Crippen LogP contribution in [0.1, 0.15) is 18.5 Å². The van der Waals surface area contributed by atoms with Crippen molar-refractivity contribution >= 4 is 21.8 Å². The van der Waals surface area contributed by atoms with Gasteiger partial charge >= 0.3 is 5.97 Å². The first kappa shape index (κ1) is 14.8. The van der Waals surface area contributed by atoms with Crippen LogP contribution < -0.4 is 5.73 Å². The second-order valence-electron chi connectivity index (χ2n) is 4.72. The van der Waals surface area contributed by atoms with E-state index in [1.807, 2.05) is 0 Å². The van der Waals surface area contributed by atoms with Crippen LogP contribution in [0.5, 0.6) is 0 Å². The Morgan fingerprint density at radius 3 is 2.65 bits per heavy atom. The molecule has 1 fully saturated rings. The van der Waals surface area contributed by atoms with Crippen LogP contribution >= 0.6 is 0 Å². The van der Waals surface area contributed by atoms with E-state index in [2.05, 4.69) is 9.84 Å². The lowest BCUT2D eigenvalue weighted by Crippen LogP contribution is -2.41. The third-order valence-corrected chi connectivity index (χ3v) is 5.62. The average Bonchev–Trinajstić information content (AvgIpc) is 2.95. The van der Waals surface area contributed by atoms with Gasteiger partial charge in [0.05, 0.1) is 12.8 Å². The number of nitrogens with zero attached hydrogens (tertiary/aromatic N) is 3. The summed E-state index contributed by atoms with van der Waals surface area (Å²) in [6, 6.07) is -0.788. The van der Waals surface area contributed by atoms with Crippen molar-refractivity contribution in [3.8, 4) is 0 Å². The summed E-state index contributed by atoms with van der Waals surface area (Å²) in [4.78, 5) is 11.7. The van der Waals surface area contributed by atoms with Crippen molar-refractivity contribution in [3.05, 3.63) is 5.69 Å². The molecule has 20 heavy (non-hydrogen) atoms. The molecule has 0 spiro atoms. The number of ether oxygens (including phenoxy) is 1. The topological polar surface area (TPSA) is 108 Å². The van der Waals surface area contributed by atoms with Gasteiger partial charge in [0.2, 0.25) is 10.0 Å². The number of rotatable bonds is 3. The zero-order valence-electron chi connectivity index (χ0n) is 11.7. The summed E-state index contributed by atoms with van der Waals surface area (Å²) in [6.07, 6.45) is 1.06. The van der Waals surface area contributed by atoms with E-state index in [0.29, 0.717) is 18.5 Å². The van der Waals surface area contributed by atoms with Gasteiger partial charge in [0.25, 0.3) is 0 Å². The highest BCUT2D eigenvalue weighted by Crippen LogP contribution is 2.31. The summed E-state index contributed by atoms with van der Waals surface area (Å²) in [5.74, 6) is -0.605. The number of nitrogens with two attached hydrogens (primary N) is 1. The molecule has 1 saturated heterocycles. The molecule has 0 radical (unpaired) electrons. The molecule has 0 aromatic carbocycles. The van der Waals surface area contributed by atoms with E-state index in [0.717, 1.165) is 4.31 Å². The molecule has 2 rings (SSSR count). The largest absolute Gasteiger partial charge is 0.468 e. The van der Waals surface area contributed by atoms with Crippen LogP contribution in [-0.2, 0) is 26.6 Å². The molecular formula is C11H18N4O4S. The maximum atomic E-state index is 12.7. The average molecular weight is 302 g/mol. The maximum absolute atomic E-state index is 12.7. The Morgan fingerprint density at radius 2 is 2.15 bits per heavy atom. The van der Waals surface area contributed by atoms with Gasteiger partial charge in [-0.25, -0.2) is 8.42 Å². The predicted octanol–water partition coefficient (Wildman–Crippen LogP) is -0.363. The third kappa shape index (κ3) is 2.16. The Bertz CT molecular complexity index is 637. The Kier molecular flexibility index (Phi) is 3.74. The molecule has 1 aromatic heterocycles. The molecule has 1 aliphatic rings. The molecule has 0 saturated carbocycles. The Morgan fingerprint density at radius 1 is 1.50 bits per heavy atom. The fourth-order valence-electron chi connectivity index (χ4n) is 2.45. The van der Waals surface area contributed by atoms with Crippen LogP contribution in [0, 0.1) is 6.92 Å². The molecule has 0 aliphatic carbocycles. The van der Waals surface area contributed by atoms with E-state index in [9.17, 15) is 13.2 Å². The van der Waals surface area contributed by atoms with E-state index >= 15 is 0 Å². The molecule has 9 heteroatoms. The normalized spacial score (nSPS) is 20.2. The van der Waals surface area contributed by atoms with Crippen molar-refractivity contribution in [2.45, 2.75) is 30.7 Å². The molecule has 8 nitrogen and oxygen atoms in total. The SMILES string of the molecule is COC(=O)C1CCCN1S(=O)(=O)c1c(N)nn(C)c1C. The summed E-state index contributed by atoms with van der Waals surface area (Å²) in [5.41, 5.74) is 6.14. The monoisotopic (exact) mass is 302 g/mol. The van der Waals surface area contributed by atoms with Gasteiger partial charge in [0.1, 0.15) is 10.9 Å². The van der Waals surface area contributed by atoms with Crippen LogP contribution in [0.2, 0.25) is 0 Å². The lowest BCUT2D eigenvalue weighted by Gasteiger charge is -2.22. The van der Waals surface area contributed by atoms with Gasteiger partial charge in [-0.15, -0.1) is 0 Å². The number of carbonyl (C=O) groups is 1. The Hall–Kier alpha value is -1.61. The highest BCUT2D eigenvalue weighted by molar-refractivity contribution is 7.89. The van der Waals surface area contributed by atoms with Crippen molar-refractivity contribution in [1.29, 1.82) is 0 Å². The highest BCUT2D eigenvalue weighted by Gasteiger charge is 2.42. The van der Waals surface area contributed by atoms with Crippen LogP contribution in [0.15, 0.2) is 4.90 Å². The molecule has 1 unspecified atom stereocenters. The number of anilines is 1. The van der Waals surface area contributed by atoms with Crippen molar-refractivity contribution in [2.24, 2.45) is 7.05 Å². The first-order valence-corrected chi connectivity index (χ1v) is 7.63. The molecule has 1 atom stereocenters. The van der Waals surface area contributed by atoms with Crippen molar-refractivity contribution in [2.75, 3.05) is 19.4 Å². The Balaban J connectivity index is 2.47. The summed E-state index contributed by atoms with van der Waals surface area (Å²) in [7, 11) is -0.997. The van der Waals surface area contributed by atoms with Gasteiger partial charge in [-0.2, -0.15) is 9.40 Å². The minimum atomic E-state index is -3.86. The van der Waals surface area contributed by atoms with E-state index in [1.165, 1.54) is 11.8 Å². The zero-order valence-corrected chi connectivity index (χ0v) is 12.5. The zero-order chi connectivity index (χ0) is 15.1. The molecule has 0 bridgehead atoms. The van der Waals surface area contributed by atoms with Gasteiger partial charge < -0.3 is 10.5 Å². The fraction of sp³-hybridized carbons (Fsp3) is 0.636. The number of aryl methyl sites for hydroxylation is 1. The number of aromatic nitrogens is 2. The number of hydrogen-bond donors (Lipinski definition) is 1. The quantitative estimate of drug-likeness (QED) is 0.764. The van der Waals surface area contributed by atoms with Crippen molar-refractivity contribution in [1.82, 2.24) is 14.1 Å². The van der Waals surface area contributed by atoms with Crippen LogP contribution in [0.3, 0.4) is 0 Å². The molecule has 1 aromatic rings. The smallest absolute Gasteiger partial charge is 0.324 e. The first-order valence-electron chi connectivity index (χ1n) is 6.19. The Labute approximate surface area is 117 Å². The summed E-state index contributed by atoms with van der Waals surface area (Å²) in [6.45, 7) is 1.90. The predicted molar refractivity (Wildman–Crippen MR) is 71.3 cm³/mol. The highest BCUT2D eigenvalue weighted by atomic mass is 32.2. The third-order valence-electron chi connectivity index (χ3n) is 3.55. The number of esters is 1. The van der Waals surface area contributed by atoms with Crippen LogP contribution in [0.25, 0.3) is 0 Å². The molecule has 1 aliphatic heterocycles. The number of sulfonamides is 1. The van der Waals surface area contributed by atoms with Crippen molar-refractivity contribution < 1.29 is 17.9 Å². The molecule has 112 valence electrons. The van der Waals surface area contributed by atoms with Gasteiger partial charge in [-0.3, -0.25) is 9.48 Å². The van der Waals surface area contributed by atoms with Gasteiger partial charge in [-0.05, 0) is 19.8 Å². The van der Waals surface area contributed by atoms with E-state index < -0.39 is 22.0 Å². The minimum Gasteiger partial charge on any atom is -0.468 e. The summed E-state index contributed by atoms with van der Waals surface area (Å²) < 4.78 is 32.6. The molecule has 2 N–H and O–H groups in total. The summed E-state index contributed by atoms with van der Waals surface area (Å²) >= 11 is 0. The van der Waals surface area contributed by atoms with E-state index in [1.54, 1.807) is 14.0 Å². The minimum absolute atomic E-state index is 0.0317. The summed E-state index contributed by atoms with van der Waals surface area (Å²) in [5, 5.41) is 3.91. The van der Waals surface area contributed by atoms with Crippen LogP contribution in [-0.4, -0.2) is 48.2 Å². The fourth-order valence-corrected chi connectivity index (χ4v) is 4.39. The number of hydrogen-bond acceptors (Lipinski definition) is 6. The van der Waals surface area contributed by atoms with E-state index in [4.69, 9.17) is 5.73 Å². The standard InChI is InChI=1S/C11H18N4O4S/c1-7-9(10(12)13-14(7)2)20(17,18)15-6-4-5-8(15)11(16)19-3/h8H,4-6H2,1-3H3,(H2,12,13). The molecular weight excluding hydrogens is 284 g/mol. The van der Waals surface area contributed by atoms with E-state index in [-0.39, 0.29) is 17.3 Å². The van der Waals surface area contributed by atoms with Gasteiger partial charge in [0.15, 0.2) is 5.82 Å². The number of methoxy groups -OCH3 is 1. The van der Waals surface area contributed by atoms with Gasteiger partial charge in [-0.1, -0.05) is 0 Å². The molecule has 2 heterocycles. The first-order chi connectivity index (χ1) is 9.30. The molecule has 0 amide bonds. The lowest BCUT2D eigenvalue weighted by atomic mass is 10.2. The second-order valence-corrected chi connectivity index (χ2v) is 6.55. The maximum Gasteiger partial charge on any atom is 0.324 e. The van der Waals surface area contributed by atoms with Gasteiger partial charge in [0, 0.05) is 13.6 Å². The number of nitrogen functional groups attached to an aromatic ring is 1. The second kappa shape index (κ2) is 5.06. The lowest BCUT2D eigenvalue weighted by molar-refractivity contribution is -0.144. The van der Waals surface area contributed by atoms with Crippen molar-refractivity contribution in [3.63, 3.8) is 0 Å². The number of carbonyl (C=O) groups excluding carboxylic acids is 1. The van der Waals surface area contributed by atoms with Crippen LogP contribution in [0.4, 0.5) is 5.82 Å².